The van der Waals surface area contributed by atoms with Crippen molar-refractivity contribution in [2.45, 2.75) is 24.2 Å². The van der Waals surface area contributed by atoms with Crippen LogP contribution in [0.3, 0.4) is 0 Å². The monoisotopic (exact) mass is 326 g/mol. The predicted molar refractivity (Wildman–Crippen MR) is 91.2 cm³/mol. The zero-order valence-corrected chi connectivity index (χ0v) is 13.5. The zero-order chi connectivity index (χ0) is 16.1. The third-order valence-electron chi connectivity index (χ3n) is 3.79. The molecule has 118 valence electrons. The van der Waals surface area contributed by atoms with E-state index in [2.05, 4.69) is 29.1 Å². The first kappa shape index (κ1) is 15.6. The van der Waals surface area contributed by atoms with Gasteiger partial charge in [-0.05, 0) is 54.7 Å². The molecule has 0 bridgehead atoms. The Bertz CT molecular complexity index is 716. The molecule has 0 aliphatic heterocycles. The minimum Gasteiger partial charge on any atom is -0.272 e. The van der Waals surface area contributed by atoms with Crippen molar-refractivity contribution in [3.05, 3.63) is 65.2 Å². The number of hydrogen-bond acceptors (Lipinski definition) is 3. The number of fused-ring (bicyclic) bond motifs is 1. The lowest BCUT2D eigenvalue weighted by atomic mass is 10.1. The SMILES string of the molecule is O=C(CSc1ccc2c(c1)CCC2)NNC(=O)c1ccccc1. The molecule has 2 aromatic rings. The fraction of sp³-hybridized carbons (Fsp3) is 0.222. The number of aryl methyl sites for hydroxylation is 2. The molecular weight excluding hydrogens is 308 g/mol. The van der Waals surface area contributed by atoms with Crippen molar-refractivity contribution in [1.82, 2.24) is 10.9 Å². The summed E-state index contributed by atoms with van der Waals surface area (Å²) in [6.07, 6.45) is 3.50. The minimum atomic E-state index is -0.318. The van der Waals surface area contributed by atoms with E-state index in [1.807, 2.05) is 6.07 Å². The number of carbonyl (C=O) groups excluding carboxylic acids is 2. The van der Waals surface area contributed by atoms with E-state index in [0.717, 1.165) is 17.7 Å². The zero-order valence-electron chi connectivity index (χ0n) is 12.7. The third-order valence-corrected chi connectivity index (χ3v) is 4.79. The van der Waals surface area contributed by atoms with Crippen LogP contribution in [0.4, 0.5) is 0 Å². The second-order valence-electron chi connectivity index (χ2n) is 5.44. The first-order valence-corrected chi connectivity index (χ1v) is 8.60. The van der Waals surface area contributed by atoms with E-state index in [0.29, 0.717) is 5.56 Å². The second kappa shape index (κ2) is 7.33. The molecule has 5 heteroatoms. The lowest BCUT2D eigenvalue weighted by Gasteiger charge is -2.08. The smallest absolute Gasteiger partial charge is 0.269 e. The maximum absolute atomic E-state index is 11.8. The van der Waals surface area contributed by atoms with Gasteiger partial charge in [-0.15, -0.1) is 11.8 Å². The third kappa shape index (κ3) is 4.13. The van der Waals surface area contributed by atoms with Gasteiger partial charge in [0.2, 0.25) is 5.91 Å². The Morgan fingerprint density at radius 2 is 1.74 bits per heavy atom. The number of hydrazine groups is 1. The van der Waals surface area contributed by atoms with Crippen molar-refractivity contribution in [2.24, 2.45) is 0 Å². The highest BCUT2D eigenvalue weighted by atomic mass is 32.2. The Morgan fingerprint density at radius 1 is 0.957 bits per heavy atom. The normalized spacial score (nSPS) is 12.5. The van der Waals surface area contributed by atoms with Crippen molar-refractivity contribution in [3.63, 3.8) is 0 Å². The molecule has 2 amide bonds. The molecular formula is C18H18N2O2S. The molecule has 0 spiro atoms. The van der Waals surface area contributed by atoms with Gasteiger partial charge in [0.05, 0.1) is 5.75 Å². The first-order chi connectivity index (χ1) is 11.2. The maximum Gasteiger partial charge on any atom is 0.269 e. The minimum absolute atomic E-state index is 0.222. The highest BCUT2D eigenvalue weighted by Gasteiger charge is 2.12. The van der Waals surface area contributed by atoms with Gasteiger partial charge in [0.1, 0.15) is 0 Å². The van der Waals surface area contributed by atoms with E-state index in [1.54, 1.807) is 24.3 Å². The highest BCUT2D eigenvalue weighted by Crippen LogP contribution is 2.27. The van der Waals surface area contributed by atoms with Gasteiger partial charge in [-0.3, -0.25) is 20.4 Å². The number of hydrogen-bond donors (Lipinski definition) is 2. The average Bonchev–Trinajstić information content (AvgIpc) is 3.06. The van der Waals surface area contributed by atoms with Crippen LogP contribution >= 0.6 is 11.8 Å². The van der Waals surface area contributed by atoms with Crippen LogP contribution in [-0.4, -0.2) is 17.6 Å². The van der Waals surface area contributed by atoms with E-state index >= 15 is 0 Å². The molecule has 0 saturated carbocycles. The number of rotatable bonds is 4. The number of thioether (sulfide) groups is 1. The Morgan fingerprint density at radius 3 is 2.57 bits per heavy atom. The predicted octanol–water partition coefficient (Wildman–Crippen LogP) is 2.73. The second-order valence-corrected chi connectivity index (χ2v) is 6.49. The summed E-state index contributed by atoms with van der Waals surface area (Å²) >= 11 is 1.48. The Hall–Kier alpha value is -2.27. The van der Waals surface area contributed by atoms with Crippen LogP contribution in [-0.2, 0) is 17.6 Å². The summed E-state index contributed by atoms with van der Waals surface area (Å²) in [5.41, 5.74) is 8.20. The first-order valence-electron chi connectivity index (χ1n) is 7.61. The van der Waals surface area contributed by atoms with E-state index in [1.165, 1.54) is 29.3 Å². The molecule has 3 rings (SSSR count). The molecule has 0 unspecified atom stereocenters. The molecule has 2 N–H and O–H groups in total. The average molecular weight is 326 g/mol. The molecule has 23 heavy (non-hydrogen) atoms. The van der Waals surface area contributed by atoms with Crippen LogP contribution in [0, 0.1) is 0 Å². The van der Waals surface area contributed by atoms with Gasteiger partial charge < -0.3 is 0 Å². The molecule has 2 aromatic carbocycles. The van der Waals surface area contributed by atoms with Gasteiger partial charge in [-0.1, -0.05) is 24.3 Å². The number of carbonyl (C=O) groups is 2. The highest BCUT2D eigenvalue weighted by molar-refractivity contribution is 8.00. The van der Waals surface area contributed by atoms with E-state index in [-0.39, 0.29) is 17.6 Å². The summed E-state index contributed by atoms with van der Waals surface area (Å²) in [4.78, 5) is 24.8. The maximum atomic E-state index is 11.8. The Balaban J connectivity index is 1.46. The summed E-state index contributed by atoms with van der Waals surface area (Å²) in [7, 11) is 0. The van der Waals surface area contributed by atoms with Gasteiger partial charge in [0.15, 0.2) is 0 Å². The van der Waals surface area contributed by atoms with Gasteiger partial charge in [0.25, 0.3) is 5.91 Å². The summed E-state index contributed by atoms with van der Waals surface area (Å²) < 4.78 is 0. The molecule has 1 aliphatic carbocycles. The van der Waals surface area contributed by atoms with Crippen molar-refractivity contribution in [1.29, 1.82) is 0 Å². The van der Waals surface area contributed by atoms with Gasteiger partial charge in [-0.25, -0.2) is 0 Å². The topological polar surface area (TPSA) is 58.2 Å². The fourth-order valence-corrected chi connectivity index (χ4v) is 3.37. The van der Waals surface area contributed by atoms with Gasteiger partial charge in [0, 0.05) is 10.5 Å². The molecule has 0 radical (unpaired) electrons. The number of amides is 2. The summed E-state index contributed by atoms with van der Waals surface area (Å²) in [6.45, 7) is 0. The number of benzene rings is 2. The Kier molecular flexibility index (Phi) is 4.98. The van der Waals surface area contributed by atoms with Gasteiger partial charge in [-0.2, -0.15) is 0 Å². The van der Waals surface area contributed by atoms with Crippen LogP contribution in [0.5, 0.6) is 0 Å². The molecule has 0 heterocycles. The summed E-state index contributed by atoms with van der Waals surface area (Å²) in [5, 5.41) is 0. The lowest BCUT2D eigenvalue weighted by Crippen LogP contribution is -2.42. The fourth-order valence-electron chi connectivity index (χ4n) is 2.61. The summed E-state index contributed by atoms with van der Waals surface area (Å²) in [6, 6.07) is 15.2. The van der Waals surface area contributed by atoms with Crippen LogP contribution in [0.25, 0.3) is 0 Å². The molecule has 0 fully saturated rings. The van der Waals surface area contributed by atoms with Crippen molar-refractivity contribution in [2.75, 3.05) is 5.75 Å². The van der Waals surface area contributed by atoms with E-state index < -0.39 is 0 Å². The lowest BCUT2D eigenvalue weighted by molar-refractivity contribution is -0.119. The van der Waals surface area contributed by atoms with Crippen molar-refractivity contribution in [3.8, 4) is 0 Å². The standard InChI is InChI=1S/C18H18N2O2S/c21-17(19-20-18(22)14-5-2-1-3-6-14)12-23-16-10-9-13-7-4-8-15(13)11-16/h1-3,5-6,9-11H,4,7-8,12H2,(H,19,21)(H,20,22). The van der Waals surface area contributed by atoms with Crippen LogP contribution in [0.1, 0.15) is 27.9 Å². The number of nitrogens with one attached hydrogen (secondary N) is 2. The van der Waals surface area contributed by atoms with Crippen LogP contribution in [0.15, 0.2) is 53.4 Å². The largest absolute Gasteiger partial charge is 0.272 e. The molecule has 1 aliphatic rings. The van der Waals surface area contributed by atoms with Crippen molar-refractivity contribution >= 4 is 23.6 Å². The Labute approximate surface area is 139 Å². The van der Waals surface area contributed by atoms with Crippen LogP contribution in [0.2, 0.25) is 0 Å². The molecule has 0 atom stereocenters. The van der Waals surface area contributed by atoms with Gasteiger partial charge >= 0.3 is 0 Å². The quantitative estimate of drug-likeness (QED) is 0.671. The molecule has 0 aromatic heterocycles. The van der Waals surface area contributed by atoms with E-state index in [4.69, 9.17) is 0 Å². The summed E-state index contributed by atoms with van der Waals surface area (Å²) in [5.74, 6) is -0.269. The molecule has 4 nitrogen and oxygen atoms in total. The molecule has 0 saturated heterocycles. The van der Waals surface area contributed by atoms with Crippen LogP contribution < -0.4 is 10.9 Å². The van der Waals surface area contributed by atoms with E-state index in [9.17, 15) is 9.59 Å². The van der Waals surface area contributed by atoms with Crippen molar-refractivity contribution < 1.29 is 9.59 Å².